The molecule has 112 valence electrons. The van der Waals surface area contributed by atoms with Gasteiger partial charge in [0.2, 0.25) is 0 Å². The summed E-state index contributed by atoms with van der Waals surface area (Å²) in [5, 5.41) is 3.36. The van der Waals surface area contributed by atoms with Crippen LogP contribution in [-0.4, -0.2) is 31.5 Å². The van der Waals surface area contributed by atoms with Crippen molar-refractivity contribution < 1.29 is 8.42 Å². The summed E-state index contributed by atoms with van der Waals surface area (Å²) in [5.41, 5.74) is 1.95. The summed E-state index contributed by atoms with van der Waals surface area (Å²) in [6.45, 7) is 1.87. The molecule has 2 atom stereocenters. The average Bonchev–Trinajstić information content (AvgIpc) is 2.45. The Morgan fingerprint density at radius 1 is 1.10 bits per heavy atom. The molecular formula is C16H20N2O2S. The van der Waals surface area contributed by atoms with Crippen LogP contribution in [0.4, 0.5) is 0 Å². The Labute approximate surface area is 126 Å². The van der Waals surface area contributed by atoms with Crippen molar-refractivity contribution in [1.82, 2.24) is 10.3 Å². The van der Waals surface area contributed by atoms with Gasteiger partial charge in [-0.25, -0.2) is 8.42 Å². The van der Waals surface area contributed by atoms with Crippen LogP contribution in [0.3, 0.4) is 0 Å². The second-order valence-corrected chi connectivity index (χ2v) is 7.44. The predicted octanol–water partition coefficient (Wildman–Crippen LogP) is 2.19. The molecule has 0 aliphatic heterocycles. The number of sulfone groups is 1. The highest BCUT2D eigenvalue weighted by Crippen LogP contribution is 2.20. The third-order valence-electron chi connectivity index (χ3n) is 3.12. The van der Waals surface area contributed by atoms with Crippen molar-refractivity contribution in [2.24, 2.45) is 0 Å². The zero-order valence-electron chi connectivity index (χ0n) is 12.2. The second-order valence-electron chi connectivity index (χ2n) is 5.26. The third kappa shape index (κ3) is 4.95. The van der Waals surface area contributed by atoms with E-state index >= 15 is 0 Å². The summed E-state index contributed by atoms with van der Waals surface area (Å²) in [6.07, 6.45) is 3.00. The van der Waals surface area contributed by atoms with E-state index in [2.05, 4.69) is 10.3 Å². The van der Waals surface area contributed by atoms with Crippen molar-refractivity contribution in [3.05, 3.63) is 66.0 Å². The number of hydrogen-bond acceptors (Lipinski definition) is 4. The number of aromatic nitrogens is 1. The van der Waals surface area contributed by atoms with Crippen LogP contribution in [-0.2, 0) is 9.84 Å². The van der Waals surface area contributed by atoms with Gasteiger partial charge in [0.05, 0.1) is 17.5 Å². The molecule has 0 spiro atoms. The minimum atomic E-state index is -3.02. The Morgan fingerprint density at radius 2 is 1.76 bits per heavy atom. The lowest BCUT2D eigenvalue weighted by Gasteiger charge is -2.23. The van der Waals surface area contributed by atoms with Crippen LogP contribution in [0.5, 0.6) is 0 Å². The fraction of sp³-hybridized carbons (Fsp3) is 0.312. The number of rotatable bonds is 6. The topological polar surface area (TPSA) is 59.1 Å². The summed E-state index contributed by atoms with van der Waals surface area (Å²) < 4.78 is 22.9. The SMILES string of the molecule is CC(CS(C)(=O)=O)NC(c1ccccc1)c1ccccn1. The van der Waals surface area contributed by atoms with E-state index in [9.17, 15) is 8.42 Å². The van der Waals surface area contributed by atoms with Gasteiger partial charge in [0.15, 0.2) is 0 Å². The molecule has 0 amide bonds. The molecule has 0 saturated carbocycles. The minimum absolute atomic E-state index is 0.100. The fourth-order valence-electron chi connectivity index (χ4n) is 2.33. The van der Waals surface area contributed by atoms with Gasteiger partial charge < -0.3 is 5.32 Å². The number of nitrogens with zero attached hydrogens (tertiary/aromatic N) is 1. The molecule has 0 saturated heterocycles. The Balaban J connectivity index is 2.25. The Kier molecular flexibility index (Phi) is 5.09. The summed E-state index contributed by atoms with van der Waals surface area (Å²) in [6, 6.07) is 15.4. The van der Waals surface area contributed by atoms with Crippen molar-refractivity contribution in [2.75, 3.05) is 12.0 Å². The zero-order chi connectivity index (χ0) is 15.3. The van der Waals surface area contributed by atoms with Crippen LogP contribution in [0.15, 0.2) is 54.7 Å². The number of nitrogens with one attached hydrogen (secondary N) is 1. The molecule has 1 aromatic heterocycles. The normalized spacial score (nSPS) is 14.6. The first-order valence-corrected chi connectivity index (χ1v) is 8.91. The highest BCUT2D eigenvalue weighted by Gasteiger charge is 2.19. The lowest BCUT2D eigenvalue weighted by molar-refractivity contribution is 0.512. The van der Waals surface area contributed by atoms with E-state index in [1.807, 2.05) is 55.5 Å². The van der Waals surface area contributed by atoms with E-state index in [-0.39, 0.29) is 17.8 Å². The molecule has 0 radical (unpaired) electrons. The van der Waals surface area contributed by atoms with Crippen LogP contribution in [0.2, 0.25) is 0 Å². The van der Waals surface area contributed by atoms with E-state index in [1.54, 1.807) is 6.20 Å². The number of pyridine rings is 1. The van der Waals surface area contributed by atoms with Crippen molar-refractivity contribution in [2.45, 2.75) is 19.0 Å². The molecule has 2 rings (SSSR count). The fourth-order valence-corrected chi connectivity index (χ4v) is 3.34. The van der Waals surface area contributed by atoms with Gasteiger partial charge in [0, 0.05) is 18.5 Å². The van der Waals surface area contributed by atoms with Crippen LogP contribution in [0.25, 0.3) is 0 Å². The molecule has 0 aliphatic carbocycles. The number of benzene rings is 1. The van der Waals surface area contributed by atoms with Crippen LogP contribution >= 0.6 is 0 Å². The summed E-state index contributed by atoms with van der Waals surface area (Å²) in [4.78, 5) is 4.39. The highest BCUT2D eigenvalue weighted by molar-refractivity contribution is 7.90. The zero-order valence-corrected chi connectivity index (χ0v) is 13.0. The summed E-state index contributed by atoms with van der Waals surface area (Å²) in [7, 11) is -3.02. The summed E-state index contributed by atoms with van der Waals surface area (Å²) >= 11 is 0. The summed E-state index contributed by atoms with van der Waals surface area (Å²) in [5.74, 6) is 0.100. The first-order chi connectivity index (χ1) is 9.96. The Morgan fingerprint density at radius 3 is 2.33 bits per heavy atom. The maximum atomic E-state index is 11.4. The van der Waals surface area contributed by atoms with E-state index < -0.39 is 9.84 Å². The van der Waals surface area contributed by atoms with Gasteiger partial charge in [-0.1, -0.05) is 36.4 Å². The largest absolute Gasteiger partial charge is 0.301 e. The van der Waals surface area contributed by atoms with Gasteiger partial charge in [0.1, 0.15) is 9.84 Å². The molecule has 1 aromatic carbocycles. The molecule has 1 N–H and O–H groups in total. The van der Waals surface area contributed by atoms with E-state index in [4.69, 9.17) is 0 Å². The van der Waals surface area contributed by atoms with E-state index in [0.29, 0.717) is 0 Å². The first kappa shape index (κ1) is 15.7. The van der Waals surface area contributed by atoms with Crippen LogP contribution in [0.1, 0.15) is 24.2 Å². The molecule has 5 heteroatoms. The molecule has 0 bridgehead atoms. The Hall–Kier alpha value is -1.72. The lowest BCUT2D eigenvalue weighted by Crippen LogP contribution is -2.36. The maximum absolute atomic E-state index is 11.4. The first-order valence-electron chi connectivity index (χ1n) is 6.85. The van der Waals surface area contributed by atoms with Crippen molar-refractivity contribution in [3.63, 3.8) is 0 Å². The highest BCUT2D eigenvalue weighted by atomic mass is 32.2. The Bertz CT molecular complexity index is 618. The van der Waals surface area contributed by atoms with Gasteiger partial charge >= 0.3 is 0 Å². The standard InChI is InChI=1S/C16H20N2O2S/c1-13(12-21(2,19)20)18-16(14-8-4-3-5-9-14)15-10-6-7-11-17-15/h3-11,13,16,18H,12H2,1-2H3. The van der Waals surface area contributed by atoms with Crippen molar-refractivity contribution >= 4 is 9.84 Å². The van der Waals surface area contributed by atoms with Gasteiger partial charge in [-0.05, 0) is 24.6 Å². The quantitative estimate of drug-likeness (QED) is 0.889. The maximum Gasteiger partial charge on any atom is 0.148 e. The van der Waals surface area contributed by atoms with Gasteiger partial charge in [0.25, 0.3) is 0 Å². The van der Waals surface area contributed by atoms with E-state index in [1.165, 1.54) is 6.26 Å². The smallest absolute Gasteiger partial charge is 0.148 e. The average molecular weight is 304 g/mol. The van der Waals surface area contributed by atoms with E-state index in [0.717, 1.165) is 11.3 Å². The van der Waals surface area contributed by atoms with Crippen molar-refractivity contribution in [3.8, 4) is 0 Å². The molecule has 2 unspecified atom stereocenters. The third-order valence-corrected chi connectivity index (χ3v) is 4.23. The van der Waals surface area contributed by atoms with Crippen LogP contribution in [0, 0.1) is 0 Å². The molecule has 0 aliphatic rings. The second kappa shape index (κ2) is 6.83. The molecule has 4 nitrogen and oxygen atoms in total. The molecular weight excluding hydrogens is 284 g/mol. The minimum Gasteiger partial charge on any atom is -0.301 e. The predicted molar refractivity (Wildman–Crippen MR) is 84.8 cm³/mol. The van der Waals surface area contributed by atoms with Gasteiger partial charge in [-0.15, -0.1) is 0 Å². The molecule has 2 aromatic rings. The van der Waals surface area contributed by atoms with Crippen LogP contribution < -0.4 is 5.32 Å². The number of hydrogen-bond donors (Lipinski definition) is 1. The molecule has 21 heavy (non-hydrogen) atoms. The van der Waals surface area contributed by atoms with Gasteiger partial charge in [-0.2, -0.15) is 0 Å². The lowest BCUT2D eigenvalue weighted by atomic mass is 10.0. The van der Waals surface area contributed by atoms with Crippen molar-refractivity contribution in [1.29, 1.82) is 0 Å². The monoisotopic (exact) mass is 304 g/mol. The van der Waals surface area contributed by atoms with Gasteiger partial charge in [-0.3, -0.25) is 4.98 Å². The molecule has 1 heterocycles. The molecule has 0 fully saturated rings.